The van der Waals surface area contributed by atoms with E-state index in [0.717, 1.165) is 5.56 Å². The van der Waals surface area contributed by atoms with Gasteiger partial charge >= 0.3 is 12.1 Å². The number of esters is 1. The third kappa shape index (κ3) is 8.93. The van der Waals surface area contributed by atoms with Crippen molar-refractivity contribution in [1.82, 2.24) is 10.6 Å². The second-order valence-corrected chi connectivity index (χ2v) is 10.9. The van der Waals surface area contributed by atoms with Gasteiger partial charge in [0.1, 0.15) is 5.60 Å². The molecule has 9 heteroatoms. The van der Waals surface area contributed by atoms with Crippen LogP contribution in [0.5, 0.6) is 0 Å². The first-order chi connectivity index (χ1) is 19.4. The van der Waals surface area contributed by atoms with E-state index in [2.05, 4.69) is 16.0 Å². The van der Waals surface area contributed by atoms with E-state index in [1.807, 2.05) is 13.8 Å². The van der Waals surface area contributed by atoms with Crippen molar-refractivity contribution in [3.05, 3.63) is 89.0 Å². The molecule has 0 aliphatic carbocycles. The maximum absolute atomic E-state index is 13.4. The lowest BCUT2D eigenvalue weighted by atomic mass is 9.93. The zero-order valence-electron chi connectivity index (χ0n) is 24.3. The SMILES string of the molecule is COC(=O)c1cc(C(=O)NCC(C)C)ccc1-c1ccccc1C(=O)Nc1ccc(CNC(=O)OC(C)(C)C)cc1. The Morgan fingerprint density at radius 2 is 1.46 bits per heavy atom. The molecule has 0 unspecified atom stereocenters. The van der Waals surface area contributed by atoms with Crippen LogP contribution in [0.1, 0.15) is 71.3 Å². The summed E-state index contributed by atoms with van der Waals surface area (Å²) >= 11 is 0. The van der Waals surface area contributed by atoms with Gasteiger partial charge in [0, 0.05) is 29.9 Å². The van der Waals surface area contributed by atoms with E-state index in [1.54, 1.807) is 81.4 Å². The molecule has 0 bridgehead atoms. The molecule has 0 heterocycles. The van der Waals surface area contributed by atoms with Crippen molar-refractivity contribution in [2.45, 2.75) is 46.8 Å². The van der Waals surface area contributed by atoms with Gasteiger partial charge in [-0.15, -0.1) is 0 Å². The van der Waals surface area contributed by atoms with Gasteiger partial charge < -0.3 is 25.4 Å². The molecule has 0 aliphatic heterocycles. The summed E-state index contributed by atoms with van der Waals surface area (Å²) in [5.74, 6) is -1.03. The van der Waals surface area contributed by atoms with Crippen LogP contribution in [0.3, 0.4) is 0 Å². The number of carbonyl (C=O) groups is 4. The first kappa shape index (κ1) is 30.9. The van der Waals surface area contributed by atoms with Crippen LogP contribution in [0.2, 0.25) is 0 Å². The van der Waals surface area contributed by atoms with Crippen LogP contribution in [0, 0.1) is 5.92 Å². The van der Waals surface area contributed by atoms with Crippen molar-refractivity contribution in [2.75, 3.05) is 19.0 Å². The van der Waals surface area contributed by atoms with Crippen LogP contribution in [0.25, 0.3) is 11.1 Å². The molecule has 0 fully saturated rings. The van der Waals surface area contributed by atoms with Gasteiger partial charge in [-0.3, -0.25) is 9.59 Å². The number of carbonyl (C=O) groups excluding carboxylic acids is 4. The van der Waals surface area contributed by atoms with Crippen molar-refractivity contribution in [2.24, 2.45) is 5.92 Å². The minimum Gasteiger partial charge on any atom is -0.465 e. The second-order valence-electron chi connectivity index (χ2n) is 10.9. The number of nitrogens with one attached hydrogen (secondary N) is 3. The lowest BCUT2D eigenvalue weighted by Crippen LogP contribution is -2.32. The van der Waals surface area contributed by atoms with E-state index in [9.17, 15) is 19.2 Å². The number of benzene rings is 3. The van der Waals surface area contributed by atoms with Crippen LogP contribution < -0.4 is 16.0 Å². The molecular weight excluding hydrogens is 522 g/mol. The monoisotopic (exact) mass is 559 g/mol. The highest BCUT2D eigenvalue weighted by atomic mass is 16.6. The fourth-order valence-corrected chi connectivity index (χ4v) is 3.91. The number of alkyl carbamates (subject to hydrolysis) is 1. The summed E-state index contributed by atoms with van der Waals surface area (Å²) in [5, 5.41) is 8.42. The van der Waals surface area contributed by atoms with Gasteiger partial charge in [-0.25, -0.2) is 9.59 Å². The van der Waals surface area contributed by atoms with Crippen LogP contribution in [-0.2, 0) is 16.0 Å². The van der Waals surface area contributed by atoms with Gasteiger partial charge in [0.25, 0.3) is 11.8 Å². The average molecular weight is 560 g/mol. The Kier molecular flexibility index (Phi) is 10.2. The van der Waals surface area contributed by atoms with Gasteiger partial charge in [0.15, 0.2) is 0 Å². The molecule has 0 atom stereocenters. The number of amides is 3. The Morgan fingerprint density at radius 3 is 2.10 bits per heavy atom. The number of hydrogen-bond donors (Lipinski definition) is 3. The standard InChI is InChI=1S/C32H37N3O6/c1-20(2)18-33-28(36)22-13-16-25(27(17-22)30(38)40-6)24-9-7-8-10-26(24)29(37)35-23-14-11-21(12-15-23)19-34-31(39)41-32(3,4)5/h7-17,20H,18-19H2,1-6H3,(H,33,36)(H,34,39)(H,35,37). The van der Waals surface area contributed by atoms with Crippen molar-refractivity contribution in [3.8, 4) is 11.1 Å². The fraction of sp³-hybridized carbons (Fsp3) is 0.312. The molecule has 0 spiro atoms. The first-order valence-corrected chi connectivity index (χ1v) is 13.3. The minimum absolute atomic E-state index is 0.173. The van der Waals surface area contributed by atoms with Crippen LogP contribution >= 0.6 is 0 Å². The summed E-state index contributed by atoms with van der Waals surface area (Å²) in [6.45, 7) is 10.1. The van der Waals surface area contributed by atoms with E-state index in [0.29, 0.717) is 34.5 Å². The second kappa shape index (κ2) is 13.6. The Hall–Kier alpha value is -4.66. The molecule has 3 amide bonds. The molecule has 0 aliphatic rings. The minimum atomic E-state index is -0.621. The van der Waals surface area contributed by atoms with E-state index >= 15 is 0 Å². The van der Waals surface area contributed by atoms with Crippen molar-refractivity contribution in [3.63, 3.8) is 0 Å². The molecule has 3 aromatic rings. The Balaban J connectivity index is 1.81. The van der Waals surface area contributed by atoms with Gasteiger partial charge in [0.2, 0.25) is 0 Å². The molecule has 41 heavy (non-hydrogen) atoms. The highest BCUT2D eigenvalue weighted by Crippen LogP contribution is 2.29. The number of hydrogen-bond acceptors (Lipinski definition) is 6. The zero-order valence-corrected chi connectivity index (χ0v) is 24.3. The van der Waals surface area contributed by atoms with Gasteiger partial charge in [-0.1, -0.05) is 50.2 Å². The van der Waals surface area contributed by atoms with E-state index in [-0.39, 0.29) is 29.8 Å². The largest absolute Gasteiger partial charge is 0.465 e. The molecule has 3 aromatic carbocycles. The van der Waals surface area contributed by atoms with E-state index in [4.69, 9.17) is 9.47 Å². The number of rotatable bonds is 9. The van der Waals surface area contributed by atoms with E-state index < -0.39 is 17.7 Å². The highest BCUT2D eigenvalue weighted by molar-refractivity contribution is 6.11. The number of anilines is 1. The normalized spacial score (nSPS) is 11.0. The molecular formula is C32H37N3O6. The maximum atomic E-state index is 13.4. The zero-order chi connectivity index (χ0) is 30.2. The summed E-state index contributed by atoms with van der Waals surface area (Å²) < 4.78 is 10.2. The number of ether oxygens (including phenoxy) is 2. The predicted octanol–water partition coefficient (Wildman–Crippen LogP) is 5.80. The van der Waals surface area contributed by atoms with Crippen LogP contribution in [0.15, 0.2) is 66.7 Å². The molecule has 0 radical (unpaired) electrons. The Morgan fingerprint density at radius 1 is 0.805 bits per heavy atom. The van der Waals surface area contributed by atoms with Crippen molar-refractivity contribution in [1.29, 1.82) is 0 Å². The van der Waals surface area contributed by atoms with Gasteiger partial charge in [0.05, 0.1) is 12.7 Å². The summed E-state index contributed by atoms with van der Waals surface area (Å²) in [6, 6.07) is 18.7. The predicted molar refractivity (Wildman–Crippen MR) is 158 cm³/mol. The lowest BCUT2D eigenvalue weighted by Gasteiger charge is -2.19. The Bertz CT molecular complexity index is 1410. The molecule has 3 N–H and O–H groups in total. The van der Waals surface area contributed by atoms with E-state index in [1.165, 1.54) is 13.2 Å². The summed E-state index contributed by atoms with van der Waals surface area (Å²) in [6.07, 6.45) is -0.512. The summed E-state index contributed by atoms with van der Waals surface area (Å²) in [4.78, 5) is 50.6. The number of methoxy groups -OCH3 is 1. The van der Waals surface area contributed by atoms with Crippen LogP contribution in [0.4, 0.5) is 10.5 Å². The first-order valence-electron chi connectivity index (χ1n) is 13.3. The maximum Gasteiger partial charge on any atom is 0.407 e. The highest BCUT2D eigenvalue weighted by Gasteiger charge is 2.21. The fourth-order valence-electron chi connectivity index (χ4n) is 3.91. The lowest BCUT2D eigenvalue weighted by molar-refractivity contribution is 0.0522. The average Bonchev–Trinajstić information content (AvgIpc) is 2.93. The summed E-state index contributed by atoms with van der Waals surface area (Å²) in [7, 11) is 1.27. The summed E-state index contributed by atoms with van der Waals surface area (Å²) in [5.41, 5.74) is 2.60. The van der Waals surface area contributed by atoms with Crippen LogP contribution in [-0.4, -0.2) is 43.1 Å². The molecule has 0 saturated heterocycles. The molecule has 9 nitrogen and oxygen atoms in total. The van der Waals surface area contributed by atoms with Gasteiger partial charge in [-0.2, -0.15) is 0 Å². The molecule has 3 rings (SSSR count). The smallest absolute Gasteiger partial charge is 0.407 e. The van der Waals surface area contributed by atoms with Gasteiger partial charge in [-0.05, 0) is 73.7 Å². The molecule has 0 aromatic heterocycles. The quantitative estimate of drug-likeness (QED) is 0.285. The van der Waals surface area contributed by atoms with Crippen molar-refractivity contribution < 1.29 is 28.7 Å². The van der Waals surface area contributed by atoms with Crippen molar-refractivity contribution >= 4 is 29.6 Å². The molecule has 0 saturated carbocycles. The third-order valence-electron chi connectivity index (χ3n) is 5.87. The topological polar surface area (TPSA) is 123 Å². The third-order valence-corrected chi connectivity index (χ3v) is 5.87. The Labute approximate surface area is 240 Å². The molecule has 216 valence electrons.